The van der Waals surface area contributed by atoms with Crippen LogP contribution in [0.3, 0.4) is 0 Å². The molecule has 2 N–H and O–H groups in total. The van der Waals surface area contributed by atoms with E-state index in [1.807, 2.05) is 30.3 Å². The molecule has 30 heavy (non-hydrogen) atoms. The Hall–Kier alpha value is -3.29. The summed E-state index contributed by atoms with van der Waals surface area (Å²) in [5.74, 6) is 0.0393. The molecule has 0 aliphatic carbocycles. The molecule has 0 fully saturated rings. The number of benzene rings is 3. The van der Waals surface area contributed by atoms with Crippen molar-refractivity contribution in [1.29, 1.82) is 0 Å². The lowest BCUT2D eigenvalue weighted by molar-refractivity contribution is 0.514. The number of hydrogen-bond acceptors (Lipinski definition) is 4. The quantitative estimate of drug-likeness (QED) is 0.505. The summed E-state index contributed by atoms with van der Waals surface area (Å²) in [7, 11) is -4.03. The molecule has 0 aliphatic heterocycles. The van der Waals surface area contributed by atoms with Gasteiger partial charge in [0.2, 0.25) is 10.0 Å². The molecule has 7 heteroatoms. The summed E-state index contributed by atoms with van der Waals surface area (Å²) in [6.07, 6.45) is 0.374. The van der Waals surface area contributed by atoms with Gasteiger partial charge in [-0.25, -0.2) is 22.9 Å². The molecule has 0 bridgehead atoms. The van der Waals surface area contributed by atoms with Crippen molar-refractivity contribution in [2.24, 2.45) is 5.14 Å². The minimum atomic E-state index is -4.03. The number of aromatic nitrogens is 1. The Bertz CT molecular complexity index is 1300. The van der Waals surface area contributed by atoms with Crippen LogP contribution in [0.15, 0.2) is 82.1 Å². The van der Waals surface area contributed by atoms with E-state index in [0.29, 0.717) is 17.9 Å². The molecule has 0 atom stereocenters. The first-order chi connectivity index (χ1) is 14.3. The molecule has 0 unspecified atom stereocenters. The van der Waals surface area contributed by atoms with E-state index in [1.54, 1.807) is 37.3 Å². The Kier molecular flexibility index (Phi) is 5.24. The van der Waals surface area contributed by atoms with E-state index in [9.17, 15) is 12.8 Å². The predicted molar refractivity (Wildman–Crippen MR) is 113 cm³/mol. The molecule has 1 heterocycles. The SMILES string of the molecule is Cc1cccc(F)c1-c1oc(Cc2ccccc2)nc1-c1ccccc1S(N)(=O)=O. The Morgan fingerprint density at radius 2 is 1.67 bits per heavy atom. The highest BCUT2D eigenvalue weighted by molar-refractivity contribution is 7.89. The Balaban J connectivity index is 1.96. The second-order valence-corrected chi connectivity index (χ2v) is 8.45. The maximum Gasteiger partial charge on any atom is 0.238 e. The molecule has 0 radical (unpaired) electrons. The number of rotatable bonds is 5. The van der Waals surface area contributed by atoms with Crippen molar-refractivity contribution in [1.82, 2.24) is 4.98 Å². The highest BCUT2D eigenvalue weighted by atomic mass is 32.2. The average Bonchev–Trinajstić information content (AvgIpc) is 3.11. The minimum Gasteiger partial charge on any atom is -0.440 e. The summed E-state index contributed by atoms with van der Waals surface area (Å²) in [6.45, 7) is 1.76. The topological polar surface area (TPSA) is 86.2 Å². The van der Waals surface area contributed by atoms with Crippen LogP contribution < -0.4 is 5.14 Å². The zero-order chi connectivity index (χ0) is 21.3. The second-order valence-electron chi connectivity index (χ2n) is 6.92. The molecule has 0 spiro atoms. The molecule has 4 rings (SSSR count). The van der Waals surface area contributed by atoms with Gasteiger partial charge in [0.1, 0.15) is 11.5 Å². The number of hydrogen-bond donors (Lipinski definition) is 1. The fraction of sp³-hybridized carbons (Fsp3) is 0.0870. The molecule has 0 amide bonds. The summed E-state index contributed by atoms with van der Waals surface area (Å²) in [4.78, 5) is 4.46. The van der Waals surface area contributed by atoms with Gasteiger partial charge in [-0.3, -0.25) is 0 Å². The minimum absolute atomic E-state index is 0.0974. The van der Waals surface area contributed by atoms with Crippen molar-refractivity contribution in [3.63, 3.8) is 0 Å². The molecule has 1 aromatic heterocycles. The Labute approximate surface area is 174 Å². The molecular formula is C23H19FN2O3S. The number of oxazole rings is 1. The van der Waals surface area contributed by atoms with Gasteiger partial charge in [-0.2, -0.15) is 0 Å². The number of sulfonamides is 1. The summed E-state index contributed by atoms with van der Waals surface area (Å²) in [5.41, 5.74) is 2.34. The highest BCUT2D eigenvalue weighted by Crippen LogP contribution is 2.38. The van der Waals surface area contributed by atoms with Crippen LogP contribution in [0.1, 0.15) is 17.0 Å². The average molecular weight is 422 g/mol. The van der Waals surface area contributed by atoms with Gasteiger partial charge in [-0.1, -0.05) is 60.7 Å². The van der Waals surface area contributed by atoms with Gasteiger partial charge in [-0.05, 0) is 30.2 Å². The van der Waals surface area contributed by atoms with E-state index in [1.165, 1.54) is 12.1 Å². The van der Waals surface area contributed by atoms with E-state index >= 15 is 0 Å². The lowest BCUT2D eigenvalue weighted by Gasteiger charge is -2.09. The van der Waals surface area contributed by atoms with Gasteiger partial charge in [0.25, 0.3) is 0 Å². The van der Waals surface area contributed by atoms with E-state index in [0.717, 1.165) is 5.56 Å². The van der Waals surface area contributed by atoms with Gasteiger partial charge < -0.3 is 4.42 Å². The maximum atomic E-state index is 14.8. The monoisotopic (exact) mass is 422 g/mol. The van der Waals surface area contributed by atoms with Crippen LogP contribution >= 0.6 is 0 Å². The number of halogens is 1. The lowest BCUT2D eigenvalue weighted by atomic mass is 10.0. The Morgan fingerprint density at radius 1 is 0.967 bits per heavy atom. The van der Waals surface area contributed by atoms with Crippen LogP contribution in [0.2, 0.25) is 0 Å². The second kappa shape index (κ2) is 7.85. The normalized spacial score (nSPS) is 11.6. The van der Waals surface area contributed by atoms with Gasteiger partial charge >= 0.3 is 0 Å². The first-order valence-electron chi connectivity index (χ1n) is 9.26. The highest BCUT2D eigenvalue weighted by Gasteiger charge is 2.25. The van der Waals surface area contributed by atoms with Crippen molar-refractivity contribution < 1.29 is 17.2 Å². The van der Waals surface area contributed by atoms with Gasteiger partial charge in [0.05, 0.1) is 10.5 Å². The van der Waals surface area contributed by atoms with Crippen LogP contribution in [0.4, 0.5) is 4.39 Å². The third kappa shape index (κ3) is 3.90. The molecule has 152 valence electrons. The van der Waals surface area contributed by atoms with Crippen molar-refractivity contribution in [2.45, 2.75) is 18.2 Å². The number of nitrogens with two attached hydrogens (primary N) is 1. The standard InChI is InChI=1S/C23H19FN2O3S/c1-15-8-7-12-18(24)21(15)23-22(17-11-5-6-13-19(17)30(25,27)28)26-20(29-23)14-16-9-3-2-4-10-16/h2-13H,14H2,1H3,(H2,25,27,28). The zero-order valence-corrected chi connectivity index (χ0v) is 17.0. The third-order valence-electron chi connectivity index (χ3n) is 4.77. The van der Waals surface area contributed by atoms with Crippen molar-refractivity contribution in [3.8, 4) is 22.6 Å². The molecule has 0 aliphatic rings. The largest absolute Gasteiger partial charge is 0.440 e. The van der Waals surface area contributed by atoms with Crippen LogP contribution in [-0.2, 0) is 16.4 Å². The fourth-order valence-corrected chi connectivity index (χ4v) is 4.13. The summed E-state index contributed by atoms with van der Waals surface area (Å²) in [6, 6.07) is 20.5. The summed E-state index contributed by atoms with van der Waals surface area (Å²) < 4.78 is 45.1. The fourth-order valence-electron chi connectivity index (χ4n) is 3.39. The number of primary sulfonamides is 1. The molecule has 0 saturated carbocycles. The van der Waals surface area contributed by atoms with E-state index in [2.05, 4.69) is 4.98 Å². The van der Waals surface area contributed by atoms with E-state index in [4.69, 9.17) is 9.56 Å². The molecule has 4 aromatic rings. The maximum absolute atomic E-state index is 14.8. The van der Waals surface area contributed by atoms with Gasteiger partial charge in [0, 0.05) is 12.0 Å². The first-order valence-corrected chi connectivity index (χ1v) is 10.8. The molecule has 3 aromatic carbocycles. The molecular weight excluding hydrogens is 403 g/mol. The van der Waals surface area contributed by atoms with Crippen LogP contribution in [-0.4, -0.2) is 13.4 Å². The Morgan fingerprint density at radius 3 is 2.37 bits per heavy atom. The van der Waals surface area contributed by atoms with Crippen LogP contribution in [0.5, 0.6) is 0 Å². The van der Waals surface area contributed by atoms with Gasteiger partial charge in [0.15, 0.2) is 11.7 Å². The number of nitrogens with zero attached hydrogens (tertiary/aromatic N) is 1. The van der Waals surface area contributed by atoms with Crippen LogP contribution in [0.25, 0.3) is 22.6 Å². The lowest BCUT2D eigenvalue weighted by Crippen LogP contribution is -2.13. The summed E-state index contributed by atoms with van der Waals surface area (Å²) >= 11 is 0. The van der Waals surface area contributed by atoms with Crippen LogP contribution in [0, 0.1) is 12.7 Å². The van der Waals surface area contributed by atoms with Crippen molar-refractivity contribution in [3.05, 3.63) is 95.6 Å². The first kappa shape index (κ1) is 20.0. The van der Waals surface area contributed by atoms with E-state index in [-0.39, 0.29) is 27.5 Å². The summed E-state index contributed by atoms with van der Waals surface area (Å²) in [5, 5.41) is 5.41. The van der Waals surface area contributed by atoms with E-state index < -0.39 is 15.8 Å². The zero-order valence-electron chi connectivity index (χ0n) is 16.2. The third-order valence-corrected chi connectivity index (χ3v) is 5.74. The smallest absolute Gasteiger partial charge is 0.238 e. The molecule has 0 saturated heterocycles. The molecule has 5 nitrogen and oxygen atoms in total. The van der Waals surface area contributed by atoms with Gasteiger partial charge in [-0.15, -0.1) is 0 Å². The van der Waals surface area contributed by atoms with Crippen molar-refractivity contribution in [2.75, 3.05) is 0 Å². The predicted octanol–water partition coefficient (Wildman–Crippen LogP) is 4.69. The number of aryl methyl sites for hydroxylation is 1. The van der Waals surface area contributed by atoms with Crippen molar-refractivity contribution >= 4 is 10.0 Å².